The summed E-state index contributed by atoms with van der Waals surface area (Å²) in [6.45, 7) is 4.39. The predicted octanol–water partition coefficient (Wildman–Crippen LogP) is 5.09. The molecule has 1 unspecified atom stereocenters. The van der Waals surface area contributed by atoms with Crippen LogP contribution in [0, 0.1) is 5.92 Å². The van der Waals surface area contributed by atoms with Gasteiger partial charge in [-0.1, -0.05) is 33.1 Å². The van der Waals surface area contributed by atoms with Crippen LogP contribution in [0.3, 0.4) is 0 Å². The van der Waals surface area contributed by atoms with Crippen molar-refractivity contribution in [2.24, 2.45) is 16.4 Å². The van der Waals surface area contributed by atoms with E-state index in [4.69, 9.17) is 33.7 Å². The molecule has 0 bridgehead atoms. The highest BCUT2D eigenvalue weighted by Crippen LogP contribution is 2.50. The molecule has 0 radical (unpaired) electrons. The molecule has 0 heterocycles. The second kappa shape index (κ2) is 21.2. The second-order valence-corrected chi connectivity index (χ2v) is 11.3. The van der Waals surface area contributed by atoms with Gasteiger partial charge in [0.1, 0.15) is 6.04 Å². The number of likely N-dealkylation sites (N-methyl/N-ethyl adjacent to an activating group) is 1. The van der Waals surface area contributed by atoms with Crippen molar-refractivity contribution in [3.63, 3.8) is 0 Å². The number of ether oxygens (including phenoxy) is 4. The number of guanidine groups is 1. The van der Waals surface area contributed by atoms with E-state index in [1.54, 1.807) is 0 Å². The van der Waals surface area contributed by atoms with Gasteiger partial charge in [-0.15, -0.1) is 4.76 Å². The number of unbranched alkanes of at least 4 members (excludes halogenated alkanes) is 2. The van der Waals surface area contributed by atoms with E-state index >= 15 is 0 Å². The SMILES string of the molecule is CCCOC(=O)OCCCCOP(=O)(N=C(N)N(C)C(C(=O)O)C1CCCCC1)OCCCCOC(=O)OCCC. The van der Waals surface area contributed by atoms with E-state index in [2.05, 4.69) is 4.76 Å². The lowest BCUT2D eigenvalue weighted by molar-refractivity contribution is -0.143. The van der Waals surface area contributed by atoms with Crippen LogP contribution in [0.15, 0.2) is 4.76 Å². The van der Waals surface area contributed by atoms with Crippen LogP contribution in [0.4, 0.5) is 9.59 Å². The van der Waals surface area contributed by atoms with Gasteiger partial charge in [-0.2, -0.15) is 0 Å². The highest BCUT2D eigenvalue weighted by atomic mass is 31.2. The van der Waals surface area contributed by atoms with Crippen LogP contribution in [0.25, 0.3) is 0 Å². The highest BCUT2D eigenvalue weighted by molar-refractivity contribution is 7.52. The lowest BCUT2D eigenvalue weighted by atomic mass is 9.83. The molecule has 238 valence electrons. The van der Waals surface area contributed by atoms with Gasteiger partial charge in [-0.25, -0.2) is 18.9 Å². The summed E-state index contributed by atoms with van der Waals surface area (Å²) in [6.07, 6.45) is 5.85. The molecule has 1 saturated carbocycles. The smallest absolute Gasteiger partial charge is 0.480 e. The average molecular weight is 610 g/mol. The molecule has 1 aliphatic rings. The van der Waals surface area contributed by atoms with E-state index < -0.39 is 32.1 Å². The number of nitrogens with zero attached hydrogens (tertiary/aromatic N) is 2. The molecule has 0 aromatic rings. The Labute approximate surface area is 242 Å². The summed E-state index contributed by atoms with van der Waals surface area (Å²) in [4.78, 5) is 36.2. The first-order valence-electron chi connectivity index (χ1n) is 14.4. The Balaban J connectivity index is 2.74. The van der Waals surface area contributed by atoms with Crippen molar-refractivity contribution in [1.29, 1.82) is 0 Å². The first-order valence-corrected chi connectivity index (χ1v) is 15.9. The summed E-state index contributed by atoms with van der Waals surface area (Å²) in [5, 5.41) is 9.89. The Morgan fingerprint density at radius 2 is 1.27 bits per heavy atom. The molecule has 1 rings (SSSR count). The van der Waals surface area contributed by atoms with E-state index in [-0.39, 0.29) is 51.5 Å². The molecular formula is C26H48N3O11P. The molecule has 0 aliphatic heterocycles. The maximum absolute atomic E-state index is 13.5. The van der Waals surface area contributed by atoms with Gasteiger partial charge in [0.2, 0.25) is 5.96 Å². The fourth-order valence-electron chi connectivity index (χ4n) is 4.10. The van der Waals surface area contributed by atoms with Crippen LogP contribution in [-0.4, -0.2) is 87.0 Å². The number of aliphatic carboxylic acids is 1. The molecule has 0 aromatic carbocycles. The summed E-state index contributed by atoms with van der Waals surface area (Å²) in [6, 6.07) is -0.929. The van der Waals surface area contributed by atoms with Crippen molar-refractivity contribution < 1.29 is 52.1 Å². The van der Waals surface area contributed by atoms with Crippen LogP contribution in [0.1, 0.15) is 84.5 Å². The summed E-state index contributed by atoms with van der Waals surface area (Å²) < 4.78 is 48.1. The highest BCUT2D eigenvalue weighted by Gasteiger charge is 2.35. The lowest BCUT2D eigenvalue weighted by Gasteiger charge is -2.34. The van der Waals surface area contributed by atoms with Gasteiger partial charge in [-0.05, 0) is 57.3 Å². The molecular weight excluding hydrogens is 561 g/mol. The number of hydrogen-bond donors (Lipinski definition) is 2. The molecule has 1 fully saturated rings. The van der Waals surface area contributed by atoms with Gasteiger partial charge in [0.05, 0.1) is 39.6 Å². The van der Waals surface area contributed by atoms with Crippen LogP contribution in [0.5, 0.6) is 0 Å². The molecule has 0 aromatic heterocycles. The fraction of sp³-hybridized carbons (Fsp3) is 0.846. The van der Waals surface area contributed by atoms with Gasteiger partial charge in [-0.3, -0.25) is 9.05 Å². The molecule has 14 nitrogen and oxygen atoms in total. The zero-order valence-corrected chi connectivity index (χ0v) is 25.5. The van der Waals surface area contributed by atoms with E-state index in [9.17, 15) is 24.1 Å². The molecule has 0 saturated heterocycles. The van der Waals surface area contributed by atoms with E-state index in [1.807, 2.05) is 13.8 Å². The normalized spacial score (nSPS) is 15.1. The first-order chi connectivity index (χ1) is 19.6. The number of carboxylic acid groups (broad SMARTS) is 1. The Kier molecular flexibility index (Phi) is 18.8. The fourth-order valence-corrected chi connectivity index (χ4v) is 5.40. The third-order valence-electron chi connectivity index (χ3n) is 6.23. The number of carboxylic acids is 1. The third-order valence-corrected chi connectivity index (χ3v) is 7.69. The Morgan fingerprint density at radius 3 is 1.71 bits per heavy atom. The molecule has 41 heavy (non-hydrogen) atoms. The molecule has 3 N–H and O–H groups in total. The van der Waals surface area contributed by atoms with Gasteiger partial charge < -0.3 is 34.7 Å². The predicted molar refractivity (Wildman–Crippen MR) is 151 cm³/mol. The Hall–Kier alpha value is -2.57. The standard InChI is InChI=1S/C26H48N3O11P/c1-4-15-35-25(32)37-17-9-11-19-39-41(34,40-20-12-10-18-38-26(33)36-16-5-2)28-24(27)29(3)22(23(30)31)21-13-7-6-8-14-21/h21-22H,4-20H2,1-3H3,(H,30,31)(H2,27,28,34). The Bertz CT molecular complexity index is 817. The second-order valence-electron chi connectivity index (χ2n) is 9.69. The van der Waals surface area contributed by atoms with Gasteiger partial charge in [0, 0.05) is 7.05 Å². The van der Waals surface area contributed by atoms with Crippen LogP contribution < -0.4 is 5.73 Å². The lowest BCUT2D eigenvalue weighted by Crippen LogP contribution is -2.50. The number of nitrogens with two attached hydrogens (primary N) is 1. The van der Waals surface area contributed by atoms with E-state index in [0.29, 0.717) is 38.5 Å². The molecule has 1 aliphatic carbocycles. The summed E-state index contributed by atoms with van der Waals surface area (Å²) in [5.74, 6) is -1.42. The third kappa shape index (κ3) is 15.9. The molecule has 0 spiro atoms. The van der Waals surface area contributed by atoms with Crippen molar-refractivity contribution >= 4 is 32.0 Å². The van der Waals surface area contributed by atoms with E-state index in [1.165, 1.54) is 11.9 Å². The minimum Gasteiger partial charge on any atom is -0.480 e. The van der Waals surface area contributed by atoms with Crippen LogP contribution in [0.2, 0.25) is 0 Å². The van der Waals surface area contributed by atoms with Crippen LogP contribution in [-0.2, 0) is 37.4 Å². The zero-order valence-electron chi connectivity index (χ0n) is 24.6. The van der Waals surface area contributed by atoms with E-state index in [0.717, 1.165) is 32.1 Å². The van der Waals surface area contributed by atoms with Gasteiger partial charge in [0.15, 0.2) is 0 Å². The number of hydrogen-bond acceptors (Lipinski definition) is 10. The molecule has 1 atom stereocenters. The number of carbonyl (C=O) groups excluding carboxylic acids is 2. The Morgan fingerprint density at radius 1 is 0.829 bits per heavy atom. The van der Waals surface area contributed by atoms with Gasteiger partial charge >= 0.3 is 26.0 Å². The molecule has 15 heteroatoms. The van der Waals surface area contributed by atoms with Crippen molar-refractivity contribution in [3.8, 4) is 0 Å². The average Bonchev–Trinajstić information content (AvgIpc) is 2.94. The monoisotopic (exact) mass is 609 g/mol. The maximum atomic E-state index is 13.5. The number of carbonyl (C=O) groups is 3. The van der Waals surface area contributed by atoms with Gasteiger partial charge in [0.25, 0.3) is 0 Å². The van der Waals surface area contributed by atoms with Crippen molar-refractivity contribution in [3.05, 3.63) is 0 Å². The quantitative estimate of drug-likeness (QED) is 0.0611. The largest absolute Gasteiger partial charge is 0.508 e. The summed E-state index contributed by atoms with van der Waals surface area (Å²) in [5.41, 5.74) is 6.14. The van der Waals surface area contributed by atoms with Crippen molar-refractivity contribution in [2.75, 3.05) is 46.7 Å². The summed E-state index contributed by atoms with van der Waals surface area (Å²) in [7, 11) is -2.64. The zero-order chi connectivity index (χ0) is 30.5. The van der Waals surface area contributed by atoms with Crippen molar-refractivity contribution in [1.82, 2.24) is 4.90 Å². The summed E-state index contributed by atoms with van der Waals surface area (Å²) >= 11 is 0. The minimum atomic E-state index is -4.14. The van der Waals surface area contributed by atoms with Crippen LogP contribution >= 0.6 is 7.75 Å². The molecule has 0 amide bonds. The number of rotatable bonds is 20. The van der Waals surface area contributed by atoms with Crippen molar-refractivity contribution in [2.45, 2.75) is 90.5 Å². The minimum absolute atomic E-state index is 0.0392. The topological polar surface area (TPSA) is 186 Å². The first kappa shape index (κ1) is 36.5. The maximum Gasteiger partial charge on any atom is 0.508 e.